The van der Waals surface area contributed by atoms with E-state index in [1.165, 1.54) is 0 Å². The number of fused-ring (bicyclic) bond motifs is 1. The predicted molar refractivity (Wildman–Crippen MR) is 92.7 cm³/mol. The van der Waals surface area contributed by atoms with Crippen LogP contribution in [-0.4, -0.2) is 49.6 Å². The van der Waals surface area contributed by atoms with E-state index in [9.17, 15) is 9.90 Å². The Morgan fingerprint density at radius 2 is 1.92 bits per heavy atom. The van der Waals surface area contributed by atoms with Gasteiger partial charge in [0.25, 0.3) is 0 Å². The van der Waals surface area contributed by atoms with Gasteiger partial charge in [-0.1, -0.05) is 0 Å². The van der Waals surface area contributed by atoms with Gasteiger partial charge in [0.1, 0.15) is 6.33 Å². The summed E-state index contributed by atoms with van der Waals surface area (Å²) >= 11 is 0. The van der Waals surface area contributed by atoms with Gasteiger partial charge in [-0.2, -0.15) is 0 Å². The zero-order valence-corrected chi connectivity index (χ0v) is 14.2. The molecule has 0 saturated heterocycles. The molecule has 3 heterocycles. The molecule has 6 nitrogen and oxygen atoms in total. The molecule has 0 unspecified atom stereocenters. The van der Waals surface area contributed by atoms with Gasteiger partial charge in [-0.25, -0.2) is 9.97 Å². The second kappa shape index (κ2) is 6.52. The Balaban J connectivity index is 1.53. The quantitative estimate of drug-likeness (QED) is 0.923. The van der Waals surface area contributed by atoms with Crippen molar-refractivity contribution >= 4 is 5.91 Å². The van der Waals surface area contributed by atoms with E-state index in [0.717, 1.165) is 54.6 Å². The zero-order valence-electron chi connectivity index (χ0n) is 14.2. The van der Waals surface area contributed by atoms with Crippen molar-refractivity contribution in [2.45, 2.75) is 44.1 Å². The normalized spacial score (nSPS) is 18.8. The highest BCUT2D eigenvalue weighted by Crippen LogP contribution is 2.35. The highest BCUT2D eigenvalue weighted by Gasteiger charge is 2.38. The topological polar surface area (TPSA) is 79.2 Å². The van der Waals surface area contributed by atoms with Gasteiger partial charge in [-0.3, -0.25) is 9.78 Å². The largest absolute Gasteiger partial charge is 0.389 e. The summed E-state index contributed by atoms with van der Waals surface area (Å²) in [6.45, 7) is 1.29. The molecule has 4 rings (SSSR count). The van der Waals surface area contributed by atoms with E-state index < -0.39 is 5.60 Å². The van der Waals surface area contributed by atoms with Gasteiger partial charge in [-0.05, 0) is 37.8 Å². The summed E-state index contributed by atoms with van der Waals surface area (Å²) in [6, 6.07) is 3.89. The summed E-state index contributed by atoms with van der Waals surface area (Å²) in [5.41, 5.74) is 3.32. The van der Waals surface area contributed by atoms with E-state index in [2.05, 4.69) is 15.0 Å². The zero-order chi connectivity index (χ0) is 17.3. The molecule has 2 aromatic rings. The first kappa shape index (κ1) is 16.1. The molecule has 0 radical (unpaired) electrons. The molecule has 0 atom stereocenters. The third-order valence-electron chi connectivity index (χ3n) is 5.36. The molecule has 6 heteroatoms. The highest BCUT2D eigenvalue weighted by atomic mass is 16.3. The molecule has 1 amide bonds. The number of aromatic nitrogens is 3. The molecule has 1 aliphatic carbocycles. The number of hydrogen-bond donors (Lipinski definition) is 1. The molecule has 25 heavy (non-hydrogen) atoms. The summed E-state index contributed by atoms with van der Waals surface area (Å²) in [5.74, 6) is 0.0495. The highest BCUT2D eigenvalue weighted by molar-refractivity contribution is 5.77. The maximum Gasteiger partial charge on any atom is 0.225 e. The third-order valence-corrected chi connectivity index (χ3v) is 5.36. The fourth-order valence-electron chi connectivity index (χ4n) is 3.69. The maximum atomic E-state index is 12.6. The number of rotatable bonds is 3. The van der Waals surface area contributed by atoms with E-state index in [4.69, 9.17) is 0 Å². The van der Waals surface area contributed by atoms with Crippen molar-refractivity contribution < 1.29 is 9.90 Å². The van der Waals surface area contributed by atoms with Crippen LogP contribution in [0.2, 0.25) is 0 Å². The molecule has 2 aromatic heterocycles. The van der Waals surface area contributed by atoms with Gasteiger partial charge in [-0.15, -0.1) is 0 Å². The van der Waals surface area contributed by atoms with Crippen LogP contribution in [0.15, 0.2) is 30.9 Å². The molecule has 1 aliphatic heterocycles. The lowest BCUT2D eigenvalue weighted by molar-refractivity contribution is -0.140. The molecule has 1 N–H and O–H groups in total. The number of nitrogens with zero attached hydrogens (tertiary/aromatic N) is 4. The average Bonchev–Trinajstić information content (AvgIpc) is 2.83. The van der Waals surface area contributed by atoms with E-state index in [1.807, 2.05) is 17.0 Å². The van der Waals surface area contributed by atoms with E-state index in [0.29, 0.717) is 13.1 Å². The standard InChI is InChI=1S/C19H22N4O2/c24-17(12-19(25)6-1-7-19)23-10-4-15-16(5-11-23)21-13-22-18(15)14-2-8-20-9-3-14/h2-3,8-9,13,25H,1,4-7,10-12H2. The second-order valence-electron chi connectivity index (χ2n) is 7.02. The molecular weight excluding hydrogens is 316 g/mol. The van der Waals surface area contributed by atoms with Gasteiger partial charge in [0.2, 0.25) is 5.91 Å². The Morgan fingerprint density at radius 1 is 1.16 bits per heavy atom. The van der Waals surface area contributed by atoms with Crippen molar-refractivity contribution in [2.24, 2.45) is 0 Å². The minimum absolute atomic E-state index is 0.0495. The number of aliphatic hydroxyl groups is 1. The van der Waals surface area contributed by atoms with Crippen LogP contribution >= 0.6 is 0 Å². The first-order chi connectivity index (χ1) is 12.1. The van der Waals surface area contributed by atoms with E-state index in [-0.39, 0.29) is 12.3 Å². The third kappa shape index (κ3) is 3.26. The smallest absolute Gasteiger partial charge is 0.225 e. The molecule has 0 aromatic carbocycles. The summed E-state index contributed by atoms with van der Waals surface area (Å²) in [7, 11) is 0. The Bertz CT molecular complexity index is 774. The number of pyridine rings is 1. The van der Waals surface area contributed by atoms with Gasteiger partial charge in [0, 0.05) is 48.7 Å². The fourth-order valence-corrected chi connectivity index (χ4v) is 3.69. The van der Waals surface area contributed by atoms with Crippen LogP contribution in [0.1, 0.15) is 36.9 Å². The van der Waals surface area contributed by atoms with Crippen molar-refractivity contribution in [3.63, 3.8) is 0 Å². The molecule has 130 valence electrons. The van der Waals surface area contributed by atoms with Crippen LogP contribution in [0.25, 0.3) is 11.3 Å². The monoisotopic (exact) mass is 338 g/mol. The maximum absolute atomic E-state index is 12.6. The van der Waals surface area contributed by atoms with E-state index in [1.54, 1.807) is 18.7 Å². The lowest BCUT2D eigenvalue weighted by Gasteiger charge is -2.37. The molecule has 2 aliphatic rings. The minimum atomic E-state index is -0.766. The van der Waals surface area contributed by atoms with E-state index >= 15 is 0 Å². The van der Waals surface area contributed by atoms with Crippen molar-refractivity contribution in [1.29, 1.82) is 0 Å². The van der Waals surface area contributed by atoms with Crippen molar-refractivity contribution in [2.75, 3.05) is 13.1 Å². The molecule has 1 saturated carbocycles. The first-order valence-electron chi connectivity index (χ1n) is 8.88. The van der Waals surface area contributed by atoms with Crippen molar-refractivity contribution in [1.82, 2.24) is 19.9 Å². The second-order valence-corrected chi connectivity index (χ2v) is 7.02. The molecule has 0 spiro atoms. The Kier molecular flexibility index (Phi) is 4.21. The lowest BCUT2D eigenvalue weighted by Crippen LogP contribution is -2.44. The number of amides is 1. The number of carbonyl (C=O) groups excluding carboxylic acids is 1. The summed E-state index contributed by atoms with van der Waals surface area (Å²) in [5, 5.41) is 10.3. The Morgan fingerprint density at radius 3 is 2.64 bits per heavy atom. The molecular formula is C19H22N4O2. The summed E-state index contributed by atoms with van der Waals surface area (Å²) < 4.78 is 0. The summed E-state index contributed by atoms with van der Waals surface area (Å²) in [4.78, 5) is 27.4. The van der Waals surface area contributed by atoms with Crippen LogP contribution < -0.4 is 0 Å². The van der Waals surface area contributed by atoms with Crippen molar-refractivity contribution in [3.8, 4) is 11.3 Å². The van der Waals surface area contributed by atoms with Crippen LogP contribution in [0.3, 0.4) is 0 Å². The molecule has 0 bridgehead atoms. The minimum Gasteiger partial charge on any atom is -0.389 e. The number of hydrogen-bond acceptors (Lipinski definition) is 5. The lowest BCUT2D eigenvalue weighted by atomic mass is 9.77. The fraction of sp³-hybridized carbons (Fsp3) is 0.474. The van der Waals surface area contributed by atoms with Gasteiger partial charge < -0.3 is 10.0 Å². The van der Waals surface area contributed by atoms with Crippen LogP contribution in [0.4, 0.5) is 0 Å². The first-order valence-corrected chi connectivity index (χ1v) is 8.88. The predicted octanol–water partition coefficient (Wildman–Crippen LogP) is 1.77. The van der Waals surface area contributed by atoms with Gasteiger partial charge in [0.15, 0.2) is 0 Å². The van der Waals surface area contributed by atoms with Crippen LogP contribution in [-0.2, 0) is 17.6 Å². The average molecular weight is 338 g/mol. The van der Waals surface area contributed by atoms with Crippen LogP contribution in [0, 0.1) is 0 Å². The Hall–Kier alpha value is -2.34. The summed E-state index contributed by atoms with van der Waals surface area (Å²) in [6.07, 6.45) is 9.31. The van der Waals surface area contributed by atoms with Crippen LogP contribution in [0.5, 0.6) is 0 Å². The Labute approximate surface area is 147 Å². The SMILES string of the molecule is O=C(CC1(O)CCC1)N1CCc2ncnc(-c3ccncc3)c2CC1. The van der Waals surface area contributed by atoms with Gasteiger partial charge >= 0.3 is 0 Å². The number of carbonyl (C=O) groups is 1. The molecule has 1 fully saturated rings. The van der Waals surface area contributed by atoms with Gasteiger partial charge in [0.05, 0.1) is 17.7 Å². The van der Waals surface area contributed by atoms with Crippen molar-refractivity contribution in [3.05, 3.63) is 42.1 Å².